The van der Waals surface area contributed by atoms with E-state index >= 15 is 0 Å². The standard InChI is InChI=1S/C13H23N3/c1-15(2)10-11-16(3)9-8-12-6-4-5-7-13(12)14/h4-7H,8-11,14H2,1-3H3. The van der Waals surface area contributed by atoms with Crippen LogP contribution in [0.1, 0.15) is 5.56 Å². The van der Waals surface area contributed by atoms with Gasteiger partial charge in [-0.3, -0.25) is 0 Å². The predicted molar refractivity (Wildman–Crippen MR) is 70.6 cm³/mol. The lowest BCUT2D eigenvalue weighted by atomic mass is 10.1. The van der Waals surface area contributed by atoms with E-state index in [0.717, 1.165) is 31.7 Å². The van der Waals surface area contributed by atoms with Gasteiger partial charge >= 0.3 is 0 Å². The fourth-order valence-corrected chi connectivity index (χ4v) is 1.56. The van der Waals surface area contributed by atoms with Gasteiger partial charge in [0.15, 0.2) is 0 Å². The third-order valence-corrected chi connectivity index (χ3v) is 2.75. The first-order valence-corrected chi connectivity index (χ1v) is 5.76. The highest BCUT2D eigenvalue weighted by Gasteiger charge is 2.02. The minimum Gasteiger partial charge on any atom is -0.399 e. The molecule has 1 aromatic rings. The Kier molecular flexibility index (Phi) is 5.29. The number of nitrogens with two attached hydrogens (primary N) is 1. The Balaban J connectivity index is 2.31. The second kappa shape index (κ2) is 6.51. The maximum atomic E-state index is 5.90. The molecule has 0 aliphatic carbocycles. The summed E-state index contributed by atoms with van der Waals surface area (Å²) in [6.07, 6.45) is 1.02. The van der Waals surface area contributed by atoms with E-state index in [1.807, 2.05) is 18.2 Å². The molecule has 0 fully saturated rings. The highest BCUT2D eigenvalue weighted by molar-refractivity contribution is 5.46. The average Bonchev–Trinajstić information content (AvgIpc) is 2.25. The molecular weight excluding hydrogens is 198 g/mol. The monoisotopic (exact) mass is 221 g/mol. The van der Waals surface area contributed by atoms with Crippen molar-refractivity contribution in [2.75, 3.05) is 46.5 Å². The lowest BCUT2D eigenvalue weighted by Gasteiger charge is -2.19. The minimum atomic E-state index is 0.906. The van der Waals surface area contributed by atoms with Crippen molar-refractivity contribution in [2.24, 2.45) is 0 Å². The van der Waals surface area contributed by atoms with E-state index in [2.05, 4.69) is 37.0 Å². The van der Waals surface area contributed by atoms with Crippen LogP contribution in [0.4, 0.5) is 5.69 Å². The molecule has 0 heterocycles. The van der Waals surface area contributed by atoms with Crippen LogP contribution in [0.15, 0.2) is 24.3 Å². The quantitative estimate of drug-likeness (QED) is 0.735. The summed E-state index contributed by atoms with van der Waals surface area (Å²) in [5.74, 6) is 0. The van der Waals surface area contributed by atoms with E-state index in [0.29, 0.717) is 0 Å². The zero-order chi connectivity index (χ0) is 12.0. The molecule has 0 saturated carbocycles. The van der Waals surface area contributed by atoms with E-state index in [9.17, 15) is 0 Å². The van der Waals surface area contributed by atoms with Crippen LogP contribution >= 0.6 is 0 Å². The number of hydrogen-bond donors (Lipinski definition) is 1. The van der Waals surface area contributed by atoms with Gasteiger partial charge in [0.1, 0.15) is 0 Å². The number of benzene rings is 1. The number of nitrogen functional groups attached to an aromatic ring is 1. The fraction of sp³-hybridized carbons (Fsp3) is 0.538. The van der Waals surface area contributed by atoms with Gasteiger partial charge in [0, 0.05) is 25.3 Å². The van der Waals surface area contributed by atoms with Gasteiger partial charge in [0.05, 0.1) is 0 Å². The second-order valence-electron chi connectivity index (χ2n) is 4.56. The van der Waals surface area contributed by atoms with Gasteiger partial charge in [-0.15, -0.1) is 0 Å². The van der Waals surface area contributed by atoms with Gasteiger partial charge in [0.25, 0.3) is 0 Å². The van der Waals surface area contributed by atoms with Crippen LogP contribution < -0.4 is 5.73 Å². The van der Waals surface area contributed by atoms with Crippen LogP contribution in [0.25, 0.3) is 0 Å². The lowest BCUT2D eigenvalue weighted by molar-refractivity contribution is 0.285. The number of hydrogen-bond acceptors (Lipinski definition) is 3. The van der Waals surface area contributed by atoms with E-state index in [1.54, 1.807) is 0 Å². The molecule has 0 aromatic heterocycles. The second-order valence-corrected chi connectivity index (χ2v) is 4.56. The molecule has 0 radical (unpaired) electrons. The molecule has 0 amide bonds. The Morgan fingerprint density at radius 2 is 1.69 bits per heavy atom. The van der Waals surface area contributed by atoms with Gasteiger partial charge < -0.3 is 15.5 Å². The Morgan fingerprint density at radius 3 is 2.31 bits per heavy atom. The first-order valence-electron chi connectivity index (χ1n) is 5.76. The van der Waals surface area contributed by atoms with E-state index in [1.165, 1.54) is 5.56 Å². The molecule has 90 valence electrons. The average molecular weight is 221 g/mol. The van der Waals surface area contributed by atoms with Crippen LogP contribution in [0.2, 0.25) is 0 Å². The van der Waals surface area contributed by atoms with Crippen molar-refractivity contribution >= 4 is 5.69 Å². The third kappa shape index (κ3) is 4.64. The van der Waals surface area contributed by atoms with Gasteiger partial charge in [-0.2, -0.15) is 0 Å². The van der Waals surface area contributed by atoms with Crippen LogP contribution in [0.5, 0.6) is 0 Å². The largest absolute Gasteiger partial charge is 0.399 e. The highest BCUT2D eigenvalue weighted by atomic mass is 15.1. The van der Waals surface area contributed by atoms with Crippen LogP contribution in [-0.2, 0) is 6.42 Å². The summed E-state index contributed by atoms with van der Waals surface area (Å²) >= 11 is 0. The minimum absolute atomic E-state index is 0.906. The highest BCUT2D eigenvalue weighted by Crippen LogP contribution is 2.11. The Hall–Kier alpha value is -1.06. The van der Waals surface area contributed by atoms with Crippen molar-refractivity contribution in [2.45, 2.75) is 6.42 Å². The SMILES string of the molecule is CN(C)CCN(C)CCc1ccccc1N. The molecule has 1 rings (SSSR count). The molecule has 0 spiro atoms. The van der Waals surface area contributed by atoms with Gasteiger partial charge in [-0.05, 0) is 39.2 Å². The molecule has 0 aliphatic heterocycles. The van der Waals surface area contributed by atoms with Crippen molar-refractivity contribution in [3.05, 3.63) is 29.8 Å². The number of para-hydroxylation sites is 1. The third-order valence-electron chi connectivity index (χ3n) is 2.75. The summed E-state index contributed by atoms with van der Waals surface area (Å²) in [5.41, 5.74) is 8.06. The molecule has 0 bridgehead atoms. The first kappa shape index (κ1) is 13.0. The lowest BCUT2D eigenvalue weighted by Crippen LogP contribution is -2.30. The number of anilines is 1. The smallest absolute Gasteiger partial charge is 0.0347 e. The molecule has 0 unspecified atom stereocenters. The van der Waals surface area contributed by atoms with Gasteiger partial charge in [-0.1, -0.05) is 18.2 Å². The van der Waals surface area contributed by atoms with Crippen LogP contribution in [0, 0.1) is 0 Å². The van der Waals surface area contributed by atoms with Crippen molar-refractivity contribution in [3.8, 4) is 0 Å². The van der Waals surface area contributed by atoms with Crippen LogP contribution in [0.3, 0.4) is 0 Å². The Morgan fingerprint density at radius 1 is 1.00 bits per heavy atom. The number of rotatable bonds is 6. The summed E-state index contributed by atoms with van der Waals surface area (Å²) in [6.45, 7) is 3.25. The molecule has 16 heavy (non-hydrogen) atoms. The molecule has 3 nitrogen and oxygen atoms in total. The number of nitrogens with zero attached hydrogens (tertiary/aromatic N) is 2. The van der Waals surface area contributed by atoms with Gasteiger partial charge in [-0.25, -0.2) is 0 Å². The summed E-state index contributed by atoms with van der Waals surface area (Å²) in [6, 6.07) is 8.10. The van der Waals surface area contributed by atoms with E-state index in [-0.39, 0.29) is 0 Å². The molecule has 1 aromatic carbocycles. The van der Waals surface area contributed by atoms with Crippen molar-refractivity contribution < 1.29 is 0 Å². The summed E-state index contributed by atoms with van der Waals surface area (Å²) in [7, 11) is 6.36. The molecule has 3 heteroatoms. The summed E-state index contributed by atoms with van der Waals surface area (Å²) in [5, 5.41) is 0. The van der Waals surface area contributed by atoms with E-state index < -0.39 is 0 Å². The maximum Gasteiger partial charge on any atom is 0.0347 e. The molecular formula is C13H23N3. The van der Waals surface area contributed by atoms with Crippen LogP contribution in [-0.4, -0.2) is 50.6 Å². The predicted octanol–water partition coefficient (Wildman–Crippen LogP) is 1.30. The Bertz CT molecular complexity index is 310. The zero-order valence-corrected chi connectivity index (χ0v) is 10.6. The maximum absolute atomic E-state index is 5.90. The van der Waals surface area contributed by atoms with Crippen molar-refractivity contribution in [3.63, 3.8) is 0 Å². The topological polar surface area (TPSA) is 32.5 Å². The summed E-state index contributed by atoms with van der Waals surface area (Å²) in [4.78, 5) is 4.54. The molecule has 0 saturated heterocycles. The molecule has 2 N–H and O–H groups in total. The zero-order valence-electron chi connectivity index (χ0n) is 10.6. The summed E-state index contributed by atoms with van der Waals surface area (Å²) < 4.78 is 0. The molecule has 0 atom stereocenters. The number of likely N-dealkylation sites (N-methyl/N-ethyl adjacent to an activating group) is 2. The normalized spacial score (nSPS) is 11.3. The van der Waals surface area contributed by atoms with Gasteiger partial charge in [0.2, 0.25) is 0 Å². The van der Waals surface area contributed by atoms with E-state index in [4.69, 9.17) is 5.73 Å². The fourth-order valence-electron chi connectivity index (χ4n) is 1.56. The Labute approximate surface area is 98.8 Å². The molecule has 0 aliphatic rings. The van der Waals surface area contributed by atoms with Crippen molar-refractivity contribution in [1.29, 1.82) is 0 Å². The van der Waals surface area contributed by atoms with Crippen molar-refractivity contribution in [1.82, 2.24) is 9.80 Å². The first-order chi connectivity index (χ1) is 7.59.